The Labute approximate surface area is 114 Å². The Hall–Kier alpha value is -2.76. The molecular weight excluding hydrogens is 258 g/mol. The second kappa shape index (κ2) is 4.12. The van der Waals surface area contributed by atoms with Crippen molar-refractivity contribution in [3.8, 4) is 28.6 Å². The number of aromatic hydroxyl groups is 1. The first kappa shape index (κ1) is 11.1. The Balaban J connectivity index is 1.86. The number of aromatic amines is 1. The number of ether oxygens (including phenoxy) is 2. The predicted octanol–water partition coefficient (Wildman–Crippen LogP) is 2.10. The van der Waals surface area contributed by atoms with Gasteiger partial charge in [0.25, 0.3) is 0 Å². The molecule has 0 amide bonds. The number of aromatic nitrogens is 3. The van der Waals surface area contributed by atoms with Gasteiger partial charge in [-0.15, -0.1) is 0 Å². The number of pyridine rings is 1. The Kier molecular flexibility index (Phi) is 2.29. The molecule has 3 heterocycles. The summed E-state index contributed by atoms with van der Waals surface area (Å²) in [5, 5.41) is 9.48. The first-order valence-electron chi connectivity index (χ1n) is 6.23. The van der Waals surface area contributed by atoms with Gasteiger partial charge in [-0.05, 0) is 6.07 Å². The standard InChI is InChI=1S/C14H11N3O3/c18-9-3-8(6-15-7-9)14-16-10-4-12-13(5-11(10)17-14)20-2-1-19-12/h3-7,18H,1-2H2,(H,16,17). The highest BCUT2D eigenvalue weighted by Crippen LogP contribution is 2.34. The van der Waals surface area contributed by atoms with E-state index in [9.17, 15) is 5.11 Å². The molecule has 2 aromatic heterocycles. The summed E-state index contributed by atoms with van der Waals surface area (Å²) in [6.07, 6.45) is 3.02. The second-order valence-corrected chi connectivity index (χ2v) is 4.53. The Morgan fingerprint density at radius 2 is 1.85 bits per heavy atom. The SMILES string of the molecule is Oc1cncc(-c2nc3cc4c(cc3[nH]2)OCCO4)c1. The molecular formula is C14H11N3O3. The van der Waals surface area contributed by atoms with Crippen molar-refractivity contribution in [3.05, 3.63) is 30.6 Å². The number of fused-ring (bicyclic) bond motifs is 2. The lowest BCUT2D eigenvalue weighted by atomic mass is 10.2. The average molecular weight is 269 g/mol. The van der Waals surface area contributed by atoms with Gasteiger partial charge in [-0.25, -0.2) is 4.98 Å². The molecule has 100 valence electrons. The van der Waals surface area contributed by atoms with Gasteiger partial charge in [0, 0.05) is 23.9 Å². The fraction of sp³-hybridized carbons (Fsp3) is 0.143. The van der Waals surface area contributed by atoms with Crippen LogP contribution in [0.15, 0.2) is 30.6 Å². The zero-order valence-corrected chi connectivity index (χ0v) is 10.5. The molecule has 0 fully saturated rings. The minimum absolute atomic E-state index is 0.105. The van der Waals surface area contributed by atoms with Crippen LogP contribution >= 0.6 is 0 Å². The van der Waals surface area contributed by atoms with Crippen LogP contribution in [0.25, 0.3) is 22.4 Å². The fourth-order valence-electron chi connectivity index (χ4n) is 2.24. The van der Waals surface area contributed by atoms with Crippen LogP contribution in [-0.2, 0) is 0 Å². The fourth-order valence-corrected chi connectivity index (χ4v) is 2.24. The summed E-state index contributed by atoms with van der Waals surface area (Å²) in [7, 11) is 0. The van der Waals surface area contributed by atoms with E-state index in [0.29, 0.717) is 30.5 Å². The van der Waals surface area contributed by atoms with Gasteiger partial charge in [-0.2, -0.15) is 0 Å². The molecule has 6 nitrogen and oxygen atoms in total. The highest BCUT2D eigenvalue weighted by Gasteiger charge is 2.15. The number of H-pyrrole nitrogens is 1. The third-order valence-corrected chi connectivity index (χ3v) is 3.14. The van der Waals surface area contributed by atoms with Gasteiger partial charge in [0.2, 0.25) is 0 Å². The summed E-state index contributed by atoms with van der Waals surface area (Å²) in [6.45, 7) is 1.10. The molecule has 0 saturated carbocycles. The van der Waals surface area contributed by atoms with Gasteiger partial charge < -0.3 is 19.6 Å². The zero-order chi connectivity index (χ0) is 13.5. The normalized spacial score (nSPS) is 13.6. The molecule has 4 rings (SSSR count). The summed E-state index contributed by atoms with van der Waals surface area (Å²) in [4.78, 5) is 11.6. The maximum absolute atomic E-state index is 9.48. The molecule has 1 aromatic carbocycles. The Bertz CT molecular complexity index is 754. The Morgan fingerprint density at radius 1 is 1.05 bits per heavy atom. The molecule has 0 bridgehead atoms. The molecule has 2 N–H and O–H groups in total. The van der Waals surface area contributed by atoms with E-state index in [-0.39, 0.29) is 5.75 Å². The molecule has 6 heteroatoms. The first-order chi connectivity index (χ1) is 9.79. The van der Waals surface area contributed by atoms with E-state index in [1.807, 2.05) is 12.1 Å². The maximum atomic E-state index is 9.48. The lowest BCUT2D eigenvalue weighted by molar-refractivity contribution is 0.172. The maximum Gasteiger partial charge on any atom is 0.163 e. The third-order valence-electron chi connectivity index (χ3n) is 3.14. The number of imidazole rings is 1. The van der Waals surface area contributed by atoms with Crippen LogP contribution in [0.5, 0.6) is 17.2 Å². The summed E-state index contributed by atoms with van der Waals surface area (Å²) >= 11 is 0. The van der Waals surface area contributed by atoms with Crippen LogP contribution in [0.1, 0.15) is 0 Å². The average Bonchev–Trinajstić information content (AvgIpc) is 2.87. The van der Waals surface area contributed by atoms with Gasteiger partial charge in [-0.1, -0.05) is 0 Å². The Morgan fingerprint density at radius 3 is 2.65 bits per heavy atom. The molecule has 20 heavy (non-hydrogen) atoms. The molecule has 0 saturated heterocycles. The topological polar surface area (TPSA) is 80.3 Å². The van der Waals surface area contributed by atoms with Crippen molar-refractivity contribution in [1.82, 2.24) is 15.0 Å². The summed E-state index contributed by atoms with van der Waals surface area (Å²) in [5.74, 6) is 2.17. The number of hydrogen-bond acceptors (Lipinski definition) is 5. The van der Waals surface area contributed by atoms with Crippen molar-refractivity contribution < 1.29 is 14.6 Å². The van der Waals surface area contributed by atoms with Crippen molar-refractivity contribution in [2.75, 3.05) is 13.2 Å². The van der Waals surface area contributed by atoms with Gasteiger partial charge in [-0.3, -0.25) is 4.98 Å². The molecule has 0 spiro atoms. The molecule has 1 aliphatic heterocycles. The van der Waals surface area contributed by atoms with Crippen molar-refractivity contribution in [1.29, 1.82) is 0 Å². The number of nitrogens with zero attached hydrogens (tertiary/aromatic N) is 2. The molecule has 3 aromatic rings. The summed E-state index contributed by atoms with van der Waals surface area (Å²) in [6, 6.07) is 5.33. The largest absolute Gasteiger partial charge is 0.506 e. The van der Waals surface area contributed by atoms with Crippen molar-refractivity contribution in [3.63, 3.8) is 0 Å². The van der Waals surface area contributed by atoms with Gasteiger partial charge >= 0.3 is 0 Å². The minimum Gasteiger partial charge on any atom is -0.506 e. The molecule has 0 atom stereocenters. The zero-order valence-electron chi connectivity index (χ0n) is 10.5. The molecule has 1 aliphatic rings. The lowest BCUT2D eigenvalue weighted by Crippen LogP contribution is -2.15. The highest BCUT2D eigenvalue weighted by atomic mass is 16.6. The summed E-state index contributed by atoms with van der Waals surface area (Å²) in [5.41, 5.74) is 2.36. The van der Waals surface area contributed by atoms with Gasteiger partial charge in [0.05, 0.1) is 17.2 Å². The van der Waals surface area contributed by atoms with Crippen molar-refractivity contribution in [2.45, 2.75) is 0 Å². The lowest BCUT2D eigenvalue weighted by Gasteiger charge is -2.17. The van der Waals surface area contributed by atoms with Crippen LogP contribution < -0.4 is 9.47 Å². The number of rotatable bonds is 1. The van der Waals surface area contributed by atoms with E-state index in [1.54, 1.807) is 12.3 Å². The van der Waals surface area contributed by atoms with Crippen LogP contribution in [-0.4, -0.2) is 33.3 Å². The highest BCUT2D eigenvalue weighted by molar-refractivity contribution is 5.83. The monoisotopic (exact) mass is 269 g/mol. The van der Waals surface area contributed by atoms with E-state index in [4.69, 9.17) is 9.47 Å². The minimum atomic E-state index is 0.105. The predicted molar refractivity (Wildman–Crippen MR) is 72.0 cm³/mol. The number of benzene rings is 1. The second-order valence-electron chi connectivity index (χ2n) is 4.53. The quantitative estimate of drug-likeness (QED) is 0.707. The summed E-state index contributed by atoms with van der Waals surface area (Å²) < 4.78 is 11.1. The van der Waals surface area contributed by atoms with E-state index in [0.717, 1.165) is 16.6 Å². The van der Waals surface area contributed by atoms with Crippen molar-refractivity contribution >= 4 is 11.0 Å². The first-order valence-corrected chi connectivity index (χ1v) is 6.23. The smallest absolute Gasteiger partial charge is 0.163 e. The number of hydrogen-bond donors (Lipinski definition) is 2. The van der Waals surface area contributed by atoms with Gasteiger partial charge in [0.1, 0.15) is 24.8 Å². The van der Waals surface area contributed by atoms with Crippen LogP contribution in [0.2, 0.25) is 0 Å². The van der Waals surface area contributed by atoms with E-state index in [1.165, 1.54) is 6.20 Å². The van der Waals surface area contributed by atoms with Crippen LogP contribution in [0, 0.1) is 0 Å². The van der Waals surface area contributed by atoms with Crippen LogP contribution in [0.3, 0.4) is 0 Å². The third kappa shape index (κ3) is 1.73. The molecule has 0 radical (unpaired) electrons. The van der Waals surface area contributed by atoms with E-state index < -0.39 is 0 Å². The van der Waals surface area contributed by atoms with E-state index in [2.05, 4.69) is 15.0 Å². The molecule has 0 aliphatic carbocycles. The van der Waals surface area contributed by atoms with Crippen molar-refractivity contribution in [2.24, 2.45) is 0 Å². The number of nitrogens with one attached hydrogen (secondary N) is 1. The van der Waals surface area contributed by atoms with Gasteiger partial charge in [0.15, 0.2) is 11.5 Å². The van der Waals surface area contributed by atoms with E-state index >= 15 is 0 Å². The van der Waals surface area contributed by atoms with Crippen LogP contribution in [0.4, 0.5) is 0 Å². The molecule has 0 unspecified atom stereocenters.